The number of nitrogens with one attached hydrogen (secondary N) is 1. The Morgan fingerprint density at radius 3 is 2.30 bits per heavy atom. The van der Waals surface area contributed by atoms with Gasteiger partial charge in [-0.05, 0) is 43.2 Å². The van der Waals surface area contributed by atoms with E-state index in [0.717, 1.165) is 0 Å². The average Bonchev–Trinajstić information content (AvgIpc) is 3.20. The van der Waals surface area contributed by atoms with E-state index >= 15 is 0 Å². The molecule has 0 spiro atoms. The summed E-state index contributed by atoms with van der Waals surface area (Å²) in [5.41, 5.74) is 8.39. The summed E-state index contributed by atoms with van der Waals surface area (Å²) in [7, 11) is 0. The van der Waals surface area contributed by atoms with E-state index in [2.05, 4.69) is 67.8 Å². The second-order valence-electron chi connectivity index (χ2n) is 5.98. The highest BCUT2D eigenvalue weighted by Crippen LogP contribution is 2.53. The maximum atomic E-state index is 5.84. The van der Waals surface area contributed by atoms with Gasteiger partial charge in [0.2, 0.25) is 0 Å². The Labute approximate surface area is 121 Å². The molecule has 1 aliphatic rings. The van der Waals surface area contributed by atoms with Crippen molar-refractivity contribution in [2.24, 2.45) is 11.8 Å². The Hall–Kier alpha value is -1.64. The van der Waals surface area contributed by atoms with Gasteiger partial charge in [0.15, 0.2) is 0 Å². The number of aryl methyl sites for hydroxylation is 2. The molecule has 1 fully saturated rings. The van der Waals surface area contributed by atoms with E-state index in [-0.39, 0.29) is 6.04 Å². The van der Waals surface area contributed by atoms with E-state index in [1.807, 2.05) is 0 Å². The number of rotatable bonds is 4. The number of hydrazine groups is 1. The minimum absolute atomic E-state index is 0.249. The highest BCUT2D eigenvalue weighted by molar-refractivity contribution is 5.34. The fraction of sp³-hybridized carbons (Fsp3) is 0.333. The Balaban J connectivity index is 1.82. The molecule has 0 amide bonds. The molecule has 104 valence electrons. The lowest BCUT2D eigenvalue weighted by atomic mass is 9.96. The van der Waals surface area contributed by atoms with Gasteiger partial charge in [0.1, 0.15) is 0 Å². The summed E-state index contributed by atoms with van der Waals surface area (Å²) in [5, 5.41) is 0. The van der Waals surface area contributed by atoms with E-state index in [9.17, 15) is 0 Å². The van der Waals surface area contributed by atoms with Gasteiger partial charge in [0, 0.05) is 6.04 Å². The van der Waals surface area contributed by atoms with E-state index in [1.54, 1.807) is 0 Å². The summed E-state index contributed by atoms with van der Waals surface area (Å²) in [5.74, 6) is 7.07. The van der Waals surface area contributed by atoms with Crippen molar-refractivity contribution in [2.75, 3.05) is 0 Å². The Kier molecular flexibility index (Phi) is 3.60. The van der Waals surface area contributed by atoms with Crippen LogP contribution in [0.4, 0.5) is 0 Å². The average molecular weight is 266 g/mol. The first-order chi connectivity index (χ1) is 9.69. The molecule has 1 saturated carbocycles. The number of nitrogens with two attached hydrogens (primary N) is 1. The molecule has 2 nitrogen and oxygen atoms in total. The zero-order valence-corrected chi connectivity index (χ0v) is 12.1. The Bertz CT molecular complexity index is 571. The molecular formula is C18H22N2. The van der Waals surface area contributed by atoms with Crippen LogP contribution in [0, 0.1) is 19.8 Å². The summed E-state index contributed by atoms with van der Waals surface area (Å²) < 4.78 is 0. The van der Waals surface area contributed by atoms with Gasteiger partial charge in [-0.2, -0.15) is 0 Å². The molecule has 0 bridgehead atoms. The van der Waals surface area contributed by atoms with Gasteiger partial charge in [-0.25, -0.2) is 0 Å². The van der Waals surface area contributed by atoms with Crippen molar-refractivity contribution >= 4 is 0 Å². The second-order valence-corrected chi connectivity index (χ2v) is 5.98. The van der Waals surface area contributed by atoms with E-state index < -0.39 is 0 Å². The summed E-state index contributed by atoms with van der Waals surface area (Å²) >= 11 is 0. The first kappa shape index (κ1) is 13.3. The van der Waals surface area contributed by atoms with Gasteiger partial charge < -0.3 is 0 Å². The summed E-state index contributed by atoms with van der Waals surface area (Å²) in [6.07, 6.45) is 1.21. The minimum atomic E-state index is 0.249. The summed E-state index contributed by atoms with van der Waals surface area (Å²) in [6, 6.07) is 17.7. The van der Waals surface area contributed by atoms with Crippen LogP contribution in [0.25, 0.3) is 0 Å². The Morgan fingerprint density at radius 2 is 1.70 bits per heavy atom. The second kappa shape index (κ2) is 5.39. The van der Waals surface area contributed by atoms with Crippen molar-refractivity contribution in [1.82, 2.24) is 5.43 Å². The number of hydrogen-bond donors (Lipinski definition) is 2. The van der Waals surface area contributed by atoms with Crippen LogP contribution in [-0.2, 0) is 0 Å². The molecule has 3 atom stereocenters. The standard InChI is InChI=1S/C18H22N2/c1-12-8-13(2)10-15(9-12)18(20-19)17-11-16(17)14-6-4-3-5-7-14/h3-10,16-18,20H,11,19H2,1-2H3. The quantitative estimate of drug-likeness (QED) is 0.655. The van der Waals surface area contributed by atoms with Crippen molar-refractivity contribution in [3.63, 3.8) is 0 Å². The maximum Gasteiger partial charge on any atom is 0.0494 e. The van der Waals surface area contributed by atoms with Crippen molar-refractivity contribution in [3.8, 4) is 0 Å². The third kappa shape index (κ3) is 2.62. The highest BCUT2D eigenvalue weighted by atomic mass is 15.2. The third-order valence-corrected chi connectivity index (χ3v) is 4.28. The van der Waals surface area contributed by atoms with E-state index in [1.165, 1.54) is 28.7 Å². The van der Waals surface area contributed by atoms with Crippen LogP contribution >= 0.6 is 0 Å². The van der Waals surface area contributed by atoms with Crippen LogP contribution in [0.2, 0.25) is 0 Å². The van der Waals surface area contributed by atoms with E-state index in [0.29, 0.717) is 11.8 Å². The molecule has 0 saturated heterocycles. The lowest BCUT2D eigenvalue weighted by Gasteiger charge is -2.18. The largest absolute Gasteiger partial charge is 0.271 e. The van der Waals surface area contributed by atoms with Crippen LogP contribution < -0.4 is 11.3 Å². The monoisotopic (exact) mass is 266 g/mol. The molecule has 1 aliphatic carbocycles. The molecule has 0 heterocycles. The molecule has 2 aromatic carbocycles. The van der Waals surface area contributed by atoms with Crippen LogP contribution in [0.15, 0.2) is 48.5 Å². The maximum absolute atomic E-state index is 5.84. The first-order valence-electron chi connectivity index (χ1n) is 7.28. The SMILES string of the molecule is Cc1cc(C)cc(C(NN)C2CC2c2ccccc2)c1. The molecule has 2 heteroatoms. The van der Waals surface area contributed by atoms with Gasteiger partial charge in [-0.15, -0.1) is 0 Å². The molecule has 0 aromatic heterocycles. The van der Waals surface area contributed by atoms with Gasteiger partial charge in [-0.3, -0.25) is 11.3 Å². The van der Waals surface area contributed by atoms with Gasteiger partial charge in [0.05, 0.1) is 0 Å². The van der Waals surface area contributed by atoms with Crippen molar-refractivity contribution < 1.29 is 0 Å². The molecule has 3 unspecified atom stereocenters. The summed E-state index contributed by atoms with van der Waals surface area (Å²) in [4.78, 5) is 0. The van der Waals surface area contributed by atoms with Crippen molar-refractivity contribution in [2.45, 2.75) is 32.2 Å². The van der Waals surface area contributed by atoms with Crippen molar-refractivity contribution in [1.29, 1.82) is 0 Å². The van der Waals surface area contributed by atoms with Gasteiger partial charge in [0.25, 0.3) is 0 Å². The zero-order valence-electron chi connectivity index (χ0n) is 12.1. The molecule has 20 heavy (non-hydrogen) atoms. The molecule has 2 aromatic rings. The van der Waals surface area contributed by atoms with Gasteiger partial charge in [-0.1, -0.05) is 59.7 Å². The predicted molar refractivity (Wildman–Crippen MR) is 83.3 cm³/mol. The normalized spacial score (nSPS) is 22.6. The number of benzene rings is 2. The summed E-state index contributed by atoms with van der Waals surface area (Å²) in [6.45, 7) is 4.29. The lowest BCUT2D eigenvalue weighted by molar-refractivity contribution is 0.487. The Morgan fingerprint density at radius 1 is 1.05 bits per heavy atom. The lowest BCUT2D eigenvalue weighted by Crippen LogP contribution is -2.30. The van der Waals surface area contributed by atoms with Crippen LogP contribution in [0.1, 0.15) is 40.6 Å². The molecule has 0 aliphatic heterocycles. The van der Waals surface area contributed by atoms with Crippen LogP contribution in [-0.4, -0.2) is 0 Å². The fourth-order valence-electron chi connectivity index (χ4n) is 3.32. The molecule has 0 radical (unpaired) electrons. The smallest absolute Gasteiger partial charge is 0.0494 e. The molecular weight excluding hydrogens is 244 g/mol. The predicted octanol–water partition coefficient (Wildman–Crippen LogP) is 3.61. The zero-order chi connectivity index (χ0) is 14.1. The molecule has 3 N–H and O–H groups in total. The van der Waals surface area contributed by atoms with E-state index in [4.69, 9.17) is 5.84 Å². The van der Waals surface area contributed by atoms with Crippen LogP contribution in [0.3, 0.4) is 0 Å². The highest BCUT2D eigenvalue weighted by Gasteiger charge is 2.44. The molecule has 3 rings (SSSR count). The third-order valence-electron chi connectivity index (χ3n) is 4.28. The first-order valence-corrected chi connectivity index (χ1v) is 7.28. The van der Waals surface area contributed by atoms with Gasteiger partial charge >= 0.3 is 0 Å². The van der Waals surface area contributed by atoms with Crippen LogP contribution in [0.5, 0.6) is 0 Å². The topological polar surface area (TPSA) is 38.0 Å². The minimum Gasteiger partial charge on any atom is -0.271 e. The number of hydrogen-bond acceptors (Lipinski definition) is 2. The van der Waals surface area contributed by atoms with Crippen molar-refractivity contribution in [3.05, 3.63) is 70.8 Å². The fourth-order valence-corrected chi connectivity index (χ4v) is 3.32.